The number of hydrogen-bond donors (Lipinski definition) is 2. The van der Waals surface area contributed by atoms with E-state index in [1.54, 1.807) is 14.1 Å². The van der Waals surface area contributed by atoms with Crippen molar-refractivity contribution in [3.63, 3.8) is 0 Å². The molecule has 0 spiro atoms. The maximum Gasteiger partial charge on any atom is 0.316 e. The molecule has 0 aromatic heterocycles. The Hall–Kier alpha value is -0.770. The zero-order valence-corrected chi connectivity index (χ0v) is 7.63. The van der Waals surface area contributed by atoms with E-state index in [2.05, 4.69) is 5.32 Å². The fourth-order valence-electron chi connectivity index (χ4n) is 0.989. The zero-order valence-electron chi connectivity index (χ0n) is 7.63. The standard InChI is InChI=1S/C8H16N2O2/c1-10(2)7(12)9-5-8(6-11)3-4-8/h11H,3-6H2,1-2H3,(H,9,12). The van der Waals surface area contributed by atoms with Gasteiger partial charge in [0.15, 0.2) is 0 Å². The number of amides is 2. The Bertz CT molecular complexity index is 176. The molecule has 0 aromatic rings. The van der Waals surface area contributed by atoms with Gasteiger partial charge in [-0.15, -0.1) is 0 Å². The van der Waals surface area contributed by atoms with E-state index in [-0.39, 0.29) is 18.1 Å². The van der Waals surface area contributed by atoms with Crippen LogP contribution in [0, 0.1) is 5.41 Å². The second-order valence-electron chi connectivity index (χ2n) is 3.71. The molecule has 0 aliphatic heterocycles. The molecule has 1 fully saturated rings. The molecule has 1 rings (SSSR count). The van der Waals surface area contributed by atoms with Gasteiger partial charge in [0.05, 0.1) is 6.61 Å². The Morgan fingerprint density at radius 1 is 1.58 bits per heavy atom. The summed E-state index contributed by atoms with van der Waals surface area (Å²) in [5, 5.41) is 11.7. The van der Waals surface area contributed by atoms with E-state index in [1.165, 1.54) is 4.90 Å². The summed E-state index contributed by atoms with van der Waals surface area (Å²) in [4.78, 5) is 12.6. The quantitative estimate of drug-likeness (QED) is 0.631. The summed E-state index contributed by atoms with van der Waals surface area (Å²) in [5.74, 6) is 0. The van der Waals surface area contributed by atoms with Crippen LogP contribution >= 0.6 is 0 Å². The predicted octanol–water partition coefficient (Wildman–Crippen LogP) is 0.0301. The molecule has 0 atom stereocenters. The molecule has 4 heteroatoms. The largest absolute Gasteiger partial charge is 0.396 e. The molecular weight excluding hydrogens is 156 g/mol. The van der Waals surface area contributed by atoms with Crippen molar-refractivity contribution >= 4 is 6.03 Å². The van der Waals surface area contributed by atoms with Crippen molar-refractivity contribution in [3.05, 3.63) is 0 Å². The van der Waals surface area contributed by atoms with Gasteiger partial charge >= 0.3 is 6.03 Å². The topological polar surface area (TPSA) is 52.6 Å². The average Bonchev–Trinajstić information content (AvgIpc) is 2.81. The maximum absolute atomic E-state index is 11.1. The van der Waals surface area contributed by atoms with Crippen LogP contribution in [0.5, 0.6) is 0 Å². The monoisotopic (exact) mass is 172 g/mol. The Balaban J connectivity index is 2.21. The van der Waals surface area contributed by atoms with Crippen LogP contribution in [0.15, 0.2) is 0 Å². The van der Waals surface area contributed by atoms with Crippen LogP contribution in [0.4, 0.5) is 4.79 Å². The first-order valence-electron chi connectivity index (χ1n) is 4.16. The minimum atomic E-state index is -0.0882. The molecule has 0 bridgehead atoms. The zero-order chi connectivity index (χ0) is 9.19. The number of carbonyl (C=O) groups is 1. The first kappa shape index (κ1) is 9.32. The number of nitrogens with zero attached hydrogens (tertiary/aromatic N) is 1. The second-order valence-corrected chi connectivity index (χ2v) is 3.71. The summed E-state index contributed by atoms with van der Waals surface area (Å²) >= 11 is 0. The van der Waals surface area contributed by atoms with E-state index < -0.39 is 0 Å². The van der Waals surface area contributed by atoms with Crippen molar-refractivity contribution in [1.29, 1.82) is 0 Å². The third-order valence-corrected chi connectivity index (χ3v) is 2.31. The Labute approximate surface area is 72.6 Å². The van der Waals surface area contributed by atoms with Crippen LogP contribution in [0.25, 0.3) is 0 Å². The van der Waals surface area contributed by atoms with Crippen molar-refractivity contribution in [3.8, 4) is 0 Å². The van der Waals surface area contributed by atoms with Crippen LogP contribution in [0.1, 0.15) is 12.8 Å². The molecule has 0 saturated heterocycles. The SMILES string of the molecule is CN(C)C(=O)NCC1(CO)CC1. The highest BCUT2D eigenvalue weighted by Crippen LogP contribution is 2.44. The molecule has 2 amide bonds. The molecule has 0 unspecified atom stereocenters. The first-order chi connectivity index (χ1) is 5.59. The summed E-state index contributed by atoms with van der Waals surface area (Å²) in [5.41, 5.74) is 0.00562. The van der Waals surface area contributed by atoms with Crippen LogP contribution in [0.3, 0.4) is 0 Å². The van der Waals surface area contributed by atoms with E-state index in [0.29, 0.717) is 6.54 Å². The molecule has 0 radical (unpaired) electrons. The Morgan fingerprint density at radius 3 is 2.50 bits per heavy atom. The van der Waals surface area contributed by atoms with Crippen molar-refractivity contribution in [2.24, 2.45) is 5.41 Å². The number of rotatable bonds is 3. The molecule has 0 heterocycles. The maximum atomic E-state index is 11.1. The lowest BCUT2D eigenvalue weighted by atomic mass is 10.1. The highest BCUT2D eigenvalue weighted by Gasteiger charge is 2.42. The van der Waals surface area contributed by atoms with Gasteiger partial charge in [-0.3, -0.25) is 0 Å². The fourth-order valence-corrected chi connectivity index (χ4v) is 0.989. The summed E-state index contributed by atoms with van der Waals surface area (Å²) in [7, 11) is 3.40. The molecule has 12 heavy (non-hydrogen) atoms. The highest BCUT2D eigenvalue weighted by atomic mass is 16.3. The molecule has 2 N–H and O–H groups in total. The van der Waals surface area contributed by atoms with Gasteiger partial charge in [0.2, 0.25) is 0 Å². The Kier molecular flexibility index (Phi) is 2.57. The molecule has 4 nitrogen and oxygen atoms in total. The summed E-state index contributed by atoms with van der Waals surface area (Å²) in [6.07, 6.45) is 2.05. The van der Waals surface area contributed by atoms with Gasteiger partial charge in [-0.1, -0.05) is 0 Å². The number of urea groups is 1. The summed E-state index contributed by atoms with van der Waals surface area (Å²) in [6, 6.07) is -0.0882. The van der Waals surface area contributed by atoms with Gasteiger partial charge in [0.25, 0.3) is 0 Å². The van der Waals surface area contributed by atoms with Gasteiger partial charge in [-0.2, -0.15) is 0 Å². The summed E-state index contributed by atoms with van der Waals surface area (Å²) < 4.78 is 0. The van der Waals surface area contributed by atoms with Crippen LogP contribution in [0.2, 0.25) is 0 Å². The molecule has 1 aliphatic carbocycles. The number of carbonyl (C=O) groups excluding carboxylic acids is 1. The van der Waals surface area contributed by atoms with Gasteiger partial charge in [-0.05, 0) is 12.8 Å². The molecule has 1 aliphatic rings. The van der Waals surface area contributed by atoms with E-state index in [9.17, 15) is 4.79 Å². The lowest BCUT2D eigenvalue weighted by Gasteiger charge is -2.16. The van der Waals surface area contributed by atoms with Crippen LogP contribution in [-0.2, 0) is 0 Å². The van der Waals surface area contributed by atoms with Crippen molar-refractivity contribution in [2.45, 2.75) is 12.8 Å². The van der Waals surface area contributed by atoms with E-state index in [4.69, 9.17) is 5.11 Å². The summed E-state index contributed by atoms with van der Waals surface area (Å²) in [6.45, 7) is 0.779. The fraction of sp³-hybridized carbons (Fsp3) is 0.875. The Morgan fingerprint density at radius 2 is 2.17 bits per heavy atom. The number of aliphatic hydroxyl groups excluding tert-OH is 1. The first-order valence-corrected chi connectivity index (χ1v) is 4.16. The molecule has 1 saturated carbocycles. The van der Waals surface area contributed by atoms with Crippen molar-refractivity contribution in [2.75, 3.05) is 27.2 Å². The van der Waals surface area contributed by atoms with Crippen molar-refractivity contribution < 1.29 is 9.90 Å². The normalized spacial score (nSPS) is 18.6. The average molecular weight is 172 g/mol. The highest BCUT2D eigenvalue weighted by molar-refractivity contribution is 5.73. The minimum absolute atomic E-state index is 0.00562. The van der Waals surface area contributed by atoms with Crippen molar-refractivity contribution in [1.82, 2.24) is 10.2 Å². The van der Waals surface area contributed by atoms with Crippen LogP contribution < -0.4 is 5.32 Å². The second kappa shape index (κ2) is 3.31. The van der Waals surface area contributed by atoms with Gasteiger partial charge in [-0.25, -0.2) is 4.79 Å². The predicted molar refractivity (Wildman–Crippen MR) is 45.8 cm³/mol. The molecule has 0 aromatic carbocycles. The third kappa shape index (κ3) is 2.11. The molecular formula is C8H16N2O2. The van der Waals surface area contributed by atoms with Gasteiger partial charge < -0.3 is 15.3 Å². The third-order valence-electron chi connectivity index (χ3n) is 2.31. The lowest BCUT2D eigenvalue weighted by molar-refractivity contribution is 0.193. The number of aliphatic hydroxyl groups is 1. The van der Waals surface area contributed by atoms with E-state index in [0.717, 1.165) is 12.8 Å². The van der Waals surface area contributed by atoms with Crippen LogP contribution in [-0.4, -0.2) is 43.3 Å². The van der Waals surface area contributed by atoms with E-state index in [1.807, 2.05) is 0 Å². The van der Waals surface area contributed by atoms with Gasteiger partial charge in [0.1, 0.15) is 0 Å². The van der Waals surface area contributed by atoms with E-state index >= 15 is 0 Å². The smallest absolute Gasteiger partial charge is 0.316 e. The number of hydrogen-bond acceptors (Lipinski definition) is 2. The number of nitrogens with one attached hydrogen (secondary N) is 1. The van der Waals surface area contributed by atoms with Gasteiger partial charge in [0, 0.05) is 26.1 Å². The minimum Gasteiger partial charge on any atom is -0.396 e. The molecule has 70 valence electrons. The lowest BCUT2D eigenvalue weighted by Crippen LogP contribution is -2.38.